The molecule has 1 aromatic carbocycles. The molecule has 0 saturated heterocycles. The SMILES string of the molecule is CCCCCCOc1ccc(OCCCCCC)c(I)c1. The van der Waals surface area contributed by atoms with Gasteiger partial charge in [0.1, 0.15) is 11.5 Å². The Morgan fingerprint density at radius 3 is 2.00 bits per heavy atom. The minimum atomic E-state index is 0.813. The molecule has 2 nitrogen and oxygen atoms in total. The fourth-order valence-corrected chi connectivity index (χ4v) is 2.76. The highest BCUT2D eigenvalue weighted by atomic mass is 127. The van der Waals surface area contributed by atoms with Crippen molar-refractivity contribution in [3.63, 3.8) is 0 Å². The van der Waals surface area contributed by atoms with Gasteiger partial charge in [0, 0.05) is 0 Å². The maximum Gasteiger partial charge on any atom is 0.132 e. The zero-order valence-electron chi connectivity index (χ0n) is 13.5. The van der Waals surface area contributed by atoms with Crippen LogP contribution < -0.4 is 9.47 Å². The van der Waals surface area contributed by atoms with Gasteiger partial charge in [0.15, 0.2) is 0 Å². The Hall–Kier alpha value is -0.450. The molecule has 3 heteroatoms. The number of unbranched alkanes of at least 4 members (excludes halogenated alkanes) is 6. The van der Waals surface area contributed by atoms with Crippen molar-refractivity contribution in [1.82, 2.24) is 0 Å². The van der Waals surface area contributed by atoms with Gasteiger partial charge in [-0.15, -0.1) is 0 Å². The van der Waals surface area contributed by atoms with Crippen molar-refractivity contribution in [2.45, 2.75) is 65.2 Å². The van der Waals surface area contributed by atoms with E-state index in [2.05, 4.69) is 42.5 Å². The second-order valence-corrected chi connectivity index (χ2v) is 6.57. The molecule has 21 heavy (non-hydrogen) atoms. The van der Waals surface area contributed by atoms with Crippen LogP contribution in [-0.2, 0) is 0 Å². The lowest BCUT2D eigenvalue weighted by Crippen LogP contribution is -2.00. The molecular weight excluding hydrogens is 375 g/mol. The van der Waals surface area contributed by atoms with E-state index in [0.29, 0.717) is 0 Å². The molecule has 0 saturated carbocycles. The van der Waals surface area contributed by atoms with Crippen LogP contribution in [0.1, 0.15) is 65.2 Å². The number of halogens is 1. The van der Waals surface area contributed by atoms with Gasteiger partial charge in [-0.1, -0.05) is 52.4 Å². The maximum absolute atomic E-state index is 5.83. The lowest BCUT2D eigenvalue weighted by Gasteiger charge is -2.11. The molecule has 0 amide bonds. The standard InChI is InChI=1S/C18H29IO2/c1-3-5-7-9-13-20-16-11-12-18(17(19)15-16)21-14-10-8-6-4-2/h11-12,15H,3-10,13-14H2,1-2H3. The number of hydrogen-bond acceptors (Lipinski definition) is 2. The molecule has 0 aromatic heterocycles. The zero-order chi connectivity index (χ0) is 15.3. The average Bonchev–Trinajstić information content (AvgIpc) is 2.48. The second-order valence-electron chi connectivity index (χ2n) is 5.41. The van der Waals surface area contributed by atoms with Gasteiger partial charge in [-0.2, -0.15) is 0 Å². The van der Waals surface area contributed by atoms with Gasteiger partial charge in [0.05, 0.1) is 16.8 Å². The van der Waals surface area contributed by atoms with E-state index in [1.54, 1.807) is 0 Å². The molecule has 0 atom stereocenters. The lowest BCUT2D eigenvalue weighted by molar-refractivity contribution is 0.295. The molecule has 0 N–H and O–H groups in total. The van der Waals surface area contributed by atoms with E-state index >= 15 is 0 Å². The van der Waals surface area contributed by atoms with E-state index in [0.717, 1.165) is 41.1 Å². The highest BCUT2D eigenvalue weighted by Gasteiger charge is 2.03. The van der Waals surface area contributed by atoms with Gasteiger partial charge in [-0.25, -0.2) is 0 Å². The molecule has 0 spiro atoms. The van der Waals surface area contributed by atoms with Gasteiger partial charge in [0.25, 0.3) is 0 Å². The van der Waals surface area contributed by atoms with Crippen LogP contribution in [0.25, 0.3) is 0 Å². The molecule has 0 unspecified atom stereocenters. The first-order chi connectivity index (χ1) is 10.3. The van der Waals surface area contributed by atoms with Gasteiger partial charge >= 0.3 is 0 Å². The van der Waals surface area contributed by atoms with Crippen molar-refractivity contribution < 1.29 is 9.47 Å². The quantitative estimate of drug-likeness (QED) is 0.305. The predicted octanol–water partition coefficient (Wildman–Crippen LogP) is 6.21. The Labute approximate surface area is 143 Å². The summed E-state index contributed by atoms with van der Waals surface area (Å²) in [6.45, 7) is 6.08. The van der Waals surface area contributed by atoms with Crippen molar-refractivity contribution in [2.24, 2.45) is 0 Å². The van der Waals surface area contributed by atoms with Crippen LogP contribution in [0, 0.1) is 3.57 Å². The Morgan fingerprint density at radius 1 is 0.810 bits per heavy atom. The van der Waals surface area contributed by atoms with Gasteiger partial charge in [-0.05, 0) is 53.6 Å². The summed E-state index contributed by atoms with van der Waals surface area (Å²) >= 11 is 2.32. The highest BCUT2D eigenvalue weighted by Crippen LogP contribution is 2.26. The Morgan fingerprint density at radius 2 is 1.43 bits per heavy atom. The molecule has 0 aliphatic heterocycles. The third kappa shape index (κ3) is 8.54. The van der Waals surface area contributed by atoms with Crippen LogP contribution in [0.2, 0.25) is 0 Å². The van der Waals surface area contributed by atoms with E-state index in [1.807, 2.05) is 12.1 Å². The summed E-state index contributed by atoms with van der Waals surface area (Å²) < 4.78 is 12.8. The molecule has 0 bridgehead atoms. The lowest BCUT2D eigenvalue weighted by atomic mass is 10.2. The summed E-state index contributed by atoms with van der Waals surface area (Å²) in [7, 11) is 0. The van der Waals surface area contributed by atoms with Crippen LogP contribution in [-0.4, -0.2) is 13.2 Å². The molecule has 120 valence electrons. The summed E-state index contributed by atoms with van der Waals surface area (Å²) in [5.74, 6) is 1.93. The fourth-order valence-electron chi connectivity index (χ4n) is 2.12. The first-order valence-electron chi connectivity index (χ1n) is 8.33. The Bertz CT molecular complexity index is 379. The summed E-state index contributed by atoms with van der Waals surface area (Å²) in [5.41, 5.74) is 0. The Kier molecular flexibility index (Phi) is 10.7. The monoisotopic (exact) mass is 404 g/mol. The summed E-state index contributed by atoms with van der Waals surface area (Å²) in [6.07, 6.45) is 9.92. The van der Waals surface area contributed by atoms with Crippen LogP contribution in [0.5, 0.6) is 11.5 Å². The number of hydrogen-bond donors (Lipinski definition) is 0. The van der Waals surface area contributed by atoms with E-state index in [4.69, 9.17) is 9.47 Å². The summed E-state index contributed by atoms with van der Waals surface area (Å²) in [6, 6.07) is 6.12. The molecule has 1 rings (SSSR count). The van der Waals surface area contributed by atoms with Gasteiger partial charge in [0.2, 0.25) is 0 Å². The fraction of sp³-hybridized carbons (Fsp3) is 0.667. The predicted molar refractivity (Wildman–Crippen MR) is 98.4 cm³/mol. The van der Waals surface area contributed by atoms with Crippen LogP contribution in [0.15, 0.2) is 18.2 Å². The van der Waals surface area contributed by atoms with Crippen LogP contribution in [0.4, 0.5) is 0 Å². The molecule has 0 heterocycles. The molecule has 1 aromatic rings. The topological polar surface area (TPSA) is 18.5 Å². The number of benzene rings is 1. The van der Waals surface area contributed by atoms with E-state index in [1.165, 1.54) is 38.5 Å². The molecular formula is C18H29IO2. The van der Waals surface area contributed by atoms with Gasteiger partial charge < -0.3 is 9.47 Å². The van der Waals surface area contributed by atoms with Crippen molar-refractivity contribution in [2.75, 3.05) is 13.2 Å². The normalized spacial score (nSPS) is 10.6. The van der Waals surface area contributed by atoms with Crippen molar-refractivity contribution >= 4 is 22.6 Å². The first-order valence-corrected chi connectivity index (χ1v) is 9.41. The summed E-state index contributed by atoms with van der Waals surface area (Å²) in [4.78, 5) is 0. The minimum Gasteiger partial charge on any atom is -0.494 e. The molecule has 0 aliphatic rings. The van der Waals surface area contributed by atoms with Crippen molar-refractivity contribution in [3.05, 3.63) is 21.8 Å². The third-order valence-corrected chi connectivity index (χ3v) is 4.27. The molecule has 0 fully saturated rings. The third-order valence-electron chi connectivity index (χ3n) is 3.43. The average molecular weight is 404 g/mol. The molecule has 0 radical (unpaired) electrons. The second kappa shape index (κ2) is 12.1. The van der Waals surface area contributed by atoms with E-state index in [-0.39, 0.29) is 0 Å². The van der Waals surface area contributed by atoms with Crippen LogP contribution >= 0.6 is 22.6 Å². The number of rotatable bonds is 12. The maximum atomic E-state index is 5.83. The number of ether oxygens (including phenoxy) is 2. The highest BCUT2D eigenvalue weighted by molar-refractivity contribution is 14.1. The van der Waals surface area contributed by atoms with E-state index < -0.39 is 0 Å². The van der Waals surface area contributed by atoms with Crippen LogP contribution in [0.3, 0.4) is 0 Å². The van der Waals surface area contributed by atoms with Crippen molar-refractivity contribution in [1.29, 1.82) is 0 Å². The van der Waals surface area contributed by atoms with E-state index in [9.17, 15) is 0 Å². The largest absolute Gasteiger partial charge is 0.494 e. The first kappa shape index (κ1) is 18.6. The minimum absolute atomic E-state index is 0.813. The molecule has 0 aliphatic carbocycles. The zero-order valence-corrected chi connectivity index (χ0v) is 15.7. The Balaban J connectivity index is 2.27. The van der Waals surface area contributed by atoms with Gasteiger partial charge in [-0.3, -0.25) is 0 Å². The smallest absolute Gasteiger partial charge is 0.132 e. The van der Waals surface area contributed by atoms with Crippen molar-refractivity contribution in [3.8, 4) is 11.5 Å². The summed E-state index contributed by atoms with van der Waals surface area (Å²) in [5, 5.41) is 0.